The van der Waals surface area contributed by atoms with Crippen molar-refractivity contribution < 1.29 is 0 Å². The van der Waals surface area contributed by atoms with Crippen molar-refractivity contribution in [2.75, 3.05) is 19.6 Å². The van der Waals surface area contributed by atoms with E-state index in [1.165, 1.54) is 111 Å². The number of anilines is 12. The SMILES string of the molecule is c1ccc(-c2ccc(N3c4ncncc4-c4cc(-c5ccccc5)cc5cccc3c45)cc2)cc1.c1ccc(-c2cccc(N3c4ccccc4-c4cc(-c5ccccc5)cc5ncnc3c45)c2)cc1.c1ccc(-c2cccc(N3c4ccccc4-c4nc(-c5ccccc5)nc5cccc3c45)c2)cc1.c1ccc(-c2cccc(N3c4cncnc4-c4cc(-c5ccccc5)cc5cccc3c45)c2)cc1. The van der Waals surface area contributed by atoms with E-state index in [4.69, 9.17) is 29.9 Å². The van der Waals surface area contributed by atoms with Gasteiger partial charge < -0.3 is 9.80 Å². The molecule has 656 valence electrons. The molecular formula is C128H84N12. The van der Waals surface area contributed by atoms with Crippen molar-refractivity contribution in [1.29, 1.82) is 0 Å². The molecule has 0 aliphatic carbocycles. The maximum Gasteiger partial charge on any atom is 0.160 e. The monoisotopic (exact) mass is 1790 g/mol. The van der Waals surface area contributed by atoms with E-state index in [1.54, 1.807) is 19.0 Å². The van der Waals surface area contributed by atoms with E-state index >= 15 is 0 Å². The Morgan fingerprint density at radius 2 is 0.536 bits per heavy atom. The highest BCUT2D eigenvalue weighted by Gasteiger charge is 2.34. The summed E-state index contributed by atoms with van der Waals surface area (Å²) in [6.45, 7) is 0. The predicted octanol–water partition coefficient (Wildman–Crippen LogP) is 33.7. The van der Waals surface area contributed by atoms with Crippen molar-refractivity contribution in [2.24, 2.45) is 0 Å². The van der Waals surface area contributed by atoms with Gasteiger partial charge in [0.1, 0.15) is 30.6 Å². The number of fused-ring (bicyclic) bond motifs is 8. The molecule has 8 heterocycles. The molecule has 0 radical (unpaired) electrons. The molecule has 4 aromatic heterocycles. The minimum absolute atomic E-state index is 0.750. The van der Waals surface area contributed by atoms with E-state index in [9.17, 15) is 0 Å². The average molecular weight is 1790 g/mol. The van der Waals surface area contributed by atoms with E-state index in [0.717, 1.165) is 135 Å². The molecule has 20 aromatic carbocycles. The first-order chi connectivity index (χ1) is 69.5. The van der Waals surface area contributed by atoms with Crippen molar-refractivity contribution >= 4 is 112 Å². The number of hydrogen-bond acceptors (Lipinski definition) is 12. The molecule has 0 atom stereocenters. The van der Waals surface area contributed by atoms with Crippen LogP contribution in [0.2, 0.25) is 0 Å². The Balaban J connectivity index is 0.0000000985. The van der Waals surface area contributed by atoms with Crippen LogP contribution in [0, 0.1) is 0 Å². The Labute approximate surface area is 810 Å². The Kier molecular flexibility index (Phi) is 21.3. The standard InChI is InChI=1S/4C32H21N3/c1-3-9-22(10-4-1)24-13-7-15-27(18-24)35-29-16-8-14-25-17-26(23-11-5-2-6-12-23)19-28(31(25)29)32-30(35)20-33-21-34-32;1-3-11-22(12-4-1)24-15-9-16-25(21-24)35-28-19-8-7-17-26(28)31-30-27(18-10-20-29(30)35)33-32(34-31)23-13-5-2-6-14-23;1-3-10-22(11-4-1)24-14-9-15-26(18-24)35-30-17-8-7-16-27(30)28-19-25(23-12-5-2-6-13-23)20-29-31(28)32(35)34-21-33-29;1-3-8-22(9-4-1)24-14-16-27(17-15-24)35-30-13-7-12-25-18-26(23-10-5-2-6-11-23)19-28(31(25)30)29-20-33-21-34-32(29)35/h4*1-21H. The molecule has 12 heteroatoms. The summed E-state index contributed by atoms with van der Waals surface area (Å²) in [5, 5.41) is 7.00. The molecule has 0 spiro atoms. The van der Waals surface area contributed by atoms with E-state index < -0.39 is 0 Å². The van der Waals surface area contributed by atoms with Crippen LogP contribution in [0.25, 0.3) is 177 Å². The van der Waals surface area contributed by atoms with Crippen molar-refractivity contribution in [3.63, 3.8) is 0 Å². The van der Waals surface area contributed by atoms with Crippen LogP contribution >= 0.6 is 0 Å². The summed E-state index contributed by atoms with van der Waals surface area (Å²) in [6, 6.07) is 169. The minimum atomic E-state index is 0.750. The molecule has 0 saturated heterocycles. The van der Waals surface area contributed by atoms with Gasteiger partial charge in [0.2, 0.25) is 0 Å². The third-order valence-electron chi connectivity index (χ3n) is 26.7. The van der Waals surface area contributed by atoms with Gasteiger partial charge in [-0.2, -0.15) is 0 Å². The second kappa shape index (κ2) is 36.1. The molecule has 140 heavy (non-hydrogen) atoms. The molecule has 12 nitrogen and oxygen atoms in total. The molecule has 0 bridgehead atoms. The van der Waals surface area contributed by atoms with Crippen molar-refractivity contribution in [1.82, 2.24) is 39.9 Å². The first-order valence-electron chi connectivity index (χ1n) is 47.0. The second-order valence-corrected chi connectivity index (χ2v) is 35.0. The number of hydrogen-bond donors (Lipinski definition) is 0. The van der Waals surface area contributed by atoms with Crippen LogP contribution in [-0.2, 0) is 0 Å². The summed E-state index contributed by atoms with van der Waals surface area (Å²) in [5.74, 6) is 2.56. The van der Waals surface area contributed by atoms with Crippen molar-refractivity contribution in [3.05, 3.63) is 511 Å². The lowest BCUT2D eigenvalue weighted by Crippen LogP contribution is -2.17. The number of para-hydroxylation sites is 2. The zero-order chi connectivity index (χ0) is 92.8. The first-order valence-corrected chi connectivity index (χ1v) is 47.0. The van der Waals surface area contributed by atoms with Crippen molar-refractivity contribution in [3.8, 4) is 134 Å². The fourth-order valence-corrected chi connectivity index (χ4v) is 20.3. The van der Waals surface area contributed by atoms with E-state index in [0.29, 0.717) is 0 Å². The molecule has 28 rings (SSSR count). The van der Waals surface area contributed by atoms with Gasteiger partial charge in [-0.25, -0.2) is 39.9 Å². The van der Waals surface area contributed by atoms with Gasteiger partial charge in [0.05, 0.1) is 73.5 Å². The Hall–Kier alpha value is -19.0. The zero-order valence-electron chi connectivity index (χ0n) is 75.9. The maximum atomic E-state index is 5.10. The highest BCUT2D eigenvalue weighted by Crippen LogP contribution is 2.57. The topological polar surface area (TPSA) is 116 Å². The average Bonchev–Trinajstić information content (AvgIpc) is 0.734. The molecule has 4 aliphatic heterocycles. The highest BCUT2D eigenvalue weighted by molar-refractivity contribution is 6.18. The molecule has 4 aliphatic rings. The maximum absolute atomic E-state index is 5.10. The molecule has 24 aromatic rings. The summed E-state index contributed by atoms with van der Waals surface area (Å²) in [4.78, 5) is 47.1. The van der Waals surface area contributed by atoms with Crippen molar-refractivity contribution in [2.45, 2.75) is 0 Å². The van der Waals surface area contributed by atoms with Gasteiger partial charge in [-0.05, 0) is 221 Å². The Morgan fingerprint density at radius 1 is 0.164 bits per heavy atom. The van der Waals surface area contributed by atoms with Crippen LogP contribution < -0.4 is 19.6 Å². The van der Waals surface area contributed by atoms with Crippen LogP contribution in [-0.4, -0.2) is 39.9 Å². The van der Waals surface area contributed by atoms with Gasteiger partial charge in [0.25, 0.3) is 0 Å². The number of benzene rings is 20. The summed E-state index contributed by atoms with van der Waals surface area (Å²) in [7, 11) is 0. The molecule has 0 saturated carbocycles. The van der Waals surface area contributed by atoms with Gasteiger partial charge in [0.15, 0.2) is 5.82 Å². The third-order valence-corrected chi connectivity index (χ3v) is 26.7. The van der Waals surface area contributed by atoms with Gasteiger partial charge in [0, 0.05) is 67.5 Å². The molecule has 0 unspecified atom stereocenters. The highest BCUT2D eigenvalue weighted by atomic mass is 15.2. The fourth-order valence-electron chi connectivity index (χ4n) is 20.3. The normalized spacial score (nSPS) is 11.9. The van der Waals surface area contributed by atoms with E-state index in [2.05, 4.69) is 466 Å². The summed E-state index contributed by atoms with van der Waals surface area (Å²) < 4.78 is 0. The summed E-state index contributed by atoms with van der Waals surface area (Å²) in [6.07, 6.45) is 8.82. The largest absolute Gasteiger partial charge is 0.309 e. The van der Waals surface area contributed by atoms with Crippen LogP contribution in [0.1, 0.15) is 0 Å². The smallest absolute Gasteiger partial charge is 0.160 e. The van der Waals surface area contributed by atoms with E-state index in [-0.39, 0.29) is 0 Å². The lowest BCUT2D eigenvalue weighted by Gasteiger charge is -2.33. The van der Waals surface area contributed by atoms with Crippen LogP contribution in [0.15, 0.2) is 511 Å². The molecular weight excluding hydrogens is 1710 g/mol. The first kappa shape index (κ1) is 82.8. The third kappa shape index (κ3) is 15.3. The number of nitrogens with zero attached hydrogens (tertiary/aromatic N) is 12. The van der Waals surface area contributed by atoms with Gasteiger partial charge >= 0.3 is 0 Å². The summed E-state index contributed by atoms with van der Waals surface area (Å²) >= 11 is 0. The molecule has 0 N–H and O–H groups in total. The van der Waals surface area contributed by atoms with E-state index in [1.807, 2.05) is 54.9 Å². The Morgan fingerprint density at radius 3 is 1.08 bits per heavy atom. The van der Waals surface area contributed by atoms with Crippen LogP contribution in [0.5, 0.6) is 0 Å². The lowest BCUT2D eigenvalue weighted by atomic mass is 9.90. The zero-order valence-corrected chi connectivity index (χ0v) is 75.9. The van der Waals surface area contributed by atoms with Crippen LogP contribution in [0.3, 0.4) is 0 Å². The quantitative estimate of drug-likeness (QED) is 0.116. The van der Waals surface area contributed by atoms with Gasteiger partial charge in [-0.3, -0.25) is 9.80 Å². The number of aromatic nitrogens is 8. The van der Waals surface area contributed by atoms with Gasteiger partial charge in [-0.15, -0.1) is 0 Å². The van der Waals surface area contributed by atoms with Crippen LogP contribution in [0.4, 0.5) is 68.5 Å². The number of rotatable bonds is 12. The predicted molar refractivity (Wildman–Crippen MR) is 576 cm³/mol. The molecule has 0 amide bonds. The summed E-state index contributed by atoms with van der Waals surface area (Å²) in [5.41, 5.74) is 39.3. The fraction of sp³-hybridized carbons (Fsp3) is 0. The van der Waals surface area contributed by atoms with Gasteiger partial charge in [-0.1, -0.05) is 358 Å². The Bertz CT molecular complexity index is 8200. The molecule has 0 fully saturated rings. The minimum Gasteiger partial charge on any atom is -0.309 e. The lowest BCUT2D eigenvalue weighted by molar-refractivity contribution is 1.11. The second-order valence-electron chi connectivity index (χ2n) is 35.0.